The third-order valence-corrected chi connectivity index (χ3v) is 3.90. The summed E-state index contributed by atoms with van der Waals surface area (Å²) in [7, 11) is 1.68. The van der Waals surface area contributed by atoms with Gasteiger partial charge in [0, 0.05) is 25.1 Å². The van der Waals surface area contributed by atoms with Crippen LogP contribution in [0.4, 0.5) is 0 Å². The van der Waals surface area contributed by atoms with Crippen molar-refractivity contribution in [2.24, 2.45) is 7.05 Å². The number of aryl methyl sites for hydroxylation is 1. The maximum absolute atomic E-state index is 12.0. The molecule has 7 nitrogen and oxygen atoms in total. The van der Waals surface area contributed by atoms with Gasteiger partial charge in [-0.1, -0.05) is 5.16 Å². The number of hydrogen-bond acceptors (Lipinski definition) is 6. The van der Waals surface area contributed by atoms with Gasteiger partial charge in [0.1, 0.15) is 0 Å². The standard InChI is InChI=1S/C15H14N4O3/c1-19-8-16-12-6-9(2-3-11(12)15(19)20)14-17-13(18-22-14)10-4-5-21-7-10/h2-3,6,8,10H,4-5,7H2,1H3/t10-/m0/s1. The van der Waals surface area contributed by atoms with Gasteiger partial charge in [0.15, 0.2) is 5.82 Å². The Balaban J connectivity index is 1.75. The van der Waals surface area contributed by atoms with E-state index in [1.165, 1.54) is 10.9 Å². The minimum Gasteiger partial charge on any atom is -0.381 e. The third-order valence-electron chi connectivity index (χ3n) is 3.90. The van der Waals surface area contributed by atoms with Gasteiger partial charge < -0.3 is 13.8 Å². The molecule has 7 heteroatoms. The SMILES string of the molecule is Cn1cnc2cc(-c3nc([C@H]4CCOC4)no3)ccc2c1=O. The minimum atomic E-state index is -0.0779. The van der Waals surface area contributed by atoms with Gasteiger partial charge in [-0.25, -0.2) is 4.98 Å². The molecule has 0 amide bonds. The van der Waals surface area contributed by atoms with Gasteiger partial charge in [0.2, 0.25) is 0 Å². The van der Waals surface area contributed by atoms with Crippen LogP contribution in [0.2, 0.25) is 0 Å². The molecule has 0 aliphatic carbocycles. The highest BCUT2D eigenvalue weighted by atomic mass is 16.5. The molecule has 2 aromatic heterocycles. The molecule has 22 heavy (non-hydrogen) atoms. The van der Waals surface area contributed by atoms with Crippen molar-refractivity contribution in [3.8, 4) is 11.5 Å². The highest BCUT2D eigenvalue weighted by molar-refractivity contribution is 5.81. The van der Waals surface area contributed by atoms with E-state index in [2.05, 4.69) is 15.1 Å². The zero-order valence-electron chi connectivity index (χ0n) is 12.0. The van der Waals surface area contributed by atoms with E-state index in [4.69, 9.17) is 9.26 Å². The average Bonchev–Trinajstić information content (AvgIpc) is 3.21. The van der Waals surface area contributed by atoms with E-state index in [0.29, 0.717) is 29.2 Å². The summed E-state index contributed by atoms with van der Waals surface area (Å²) in [5.41, 5.74) is 1.29. The molecule has 0 unspecified atom stereocenters. The molecule has 1 aromatic carbocycles. The molecule has 1 aliphatic rings. The number of ether oxygens (including phenoxy) is 1. The molecule has 1 fully saturated rings. The monoisotopic (exact) mass is 298 g/mol. The van der Waals surface area contributed by atoms with E-state index < -0.39 is 0 Å². The normalized spacial score (nSPS) is 18.1. The van der Waals surface area contributed by atoms with E-state index in [0.717, 1.165) is 18.6 Å². The largest absolute Gasteiger partial charge is 0.381 e. The van der Waals surface area contributed by atoms with E-state index >= 15 is 0 Å². The number of rotatable bonds is 2. The minimum absolute atomic E-state index is 0.0779. The van der Waals surface area contributed by atoms with Crippen molar-refractivity contribution in [1.82, 2.24) is 19.7 Å². The summed E-state index contributed by atoms with van der Waals surface area (Å²) in [6, 6.07) is 5.33. The van der Waals surface area contributed by atoms with Crippen LogP contribution in [0.5, 0.6) is 0 Å². The van der Waals surface area contributed by atoms with Crippen molar-refractivity contribution in [3.63, 3.8) is 0 Å². The van der Waals surface area contributed by atoms with Gasteiger partial charge in [-0.2, -0.15) is 4.98 Å². The third kappa shape index (κ3) is 2.10. The highest BCUT2D eigenvalue weighted by Crippen LogP contribution is 2.26. The smallest absolute Gasteiger partial charge is 0.260 e. The highest BCUT2D eigenvalue weighted by Gasteiger charge is 2.23. The lowest BCUT2D eigenvalue weighted by Gasteiger charge is -2.01. The summed E-state index contributed by atoms with van der Waals surface area (Å²) in [6.07, 6.45) is 2.41. The maximum Gasteiger partial charge on any atom is 0.260 e. The van der Waals surface area contributed by atoms with Crippen molar-refractivity contribution in [2.45, 2.75) is 12.3 Å². The summed E-state index contributed by atoms with van der Waals surface area (Å²) >= 11 is 0. The predicted molar refractivity (Wildman–Crippen MR) is 78.5 cm³/mol. The fraction of sp³-hybridized carbons (Fsp3) is 0.333. The van der Waals surface area contributed by atoms with Crippen LogP contribution in [-0.2, 0) is 11.8 Å². The van der Waals surface area contributed by atoms with Gasteiger partial charge in [-0.05, 0) is 24.6 Å². The van der Waals surface area contributed by atoms with E-state index in [9.17, 15) is 4.79 Å². The molecule has 1 aliphatic heterocycles. The Morgan fingerprint density at radius 2 is 2.27 bits per heavy atom. The Morgan fingerprint density at radius 3 is 3.09 bits per heavy atom. The summed E-state index contributed by atoms with van der Waals surface area (Å²) in [4.78, 5) is 20.7. The van der Waals surface area contributed by atoms with Crippen molar-refractivity contribution < 1.29 is 9.26 Å². The molecule has 0 radical (unpaired) electrons. The van der Waals surface area contributed by atoms with Gasteiger partial charge in [-0.3, -0.25) is 4.79 Å². The number of aromatic nitrogens is 4. The van der Waals surface area contributed by atoms with Crippen molar-refractivity contribution in [2.75, 3.05) is 13.2 Å². The van der Waals surface area contributed by atoms with E-state index in [1.807, 2.05) is 0 Å². The Hall–Kier alpha value is -2.54. The number of hydrogen-bond donors (Lipinski definition) is 0. The molecular formula is C15H14N4O3. The first-order valence-electron chi connectivity index (χ1n) is 7.09. The van der Waals surface area contributed by atoms with Gasteiger partial charge in [0.25, 0.3) is 11.4 Å². The van der Waals surface area contributed by atoms with Crippen molar-refractivity contribution in [1.29, 1.82) is 0 Å². The summed E-state index contributed by atoms with van der Waals surface area (Å²) < 4.78 is 12.1. The molecule has 0 N–H and O–H groups in total. The number of nitrogens with zero attached hydrogens (tertiary/aromatic N) is 4. The molecule has 1 saturated heterocycles. The zero-order chi connectivity index (χ0) is 15.1. The lowest BCUT2D eigenvalue weighted by atomic mass is 10.1. The first-order valence-corrected chi connectivity index (χ1v) is 7.09. The van der Waals surface area contributed by atoms with Crippen LogP contribution in [0.25, 0.3) is 22.4 Å². The molecule has 4 rings (SSSR count). The molecule has 112 valence electrons. The van der Waals surface area contributed by atoms with Gasteiger partial charge in [0.05, 0.1) is 23.8 Å². The van der Waals surface area contributed by atoms with Crippen LogP contribution in [0.3, 0.4) is 0 Å². The van der Waals surface area contributed by atoms with Crippen LogP contribution in [0.1, 0.15) is 18.2 Å². The quantitative estimate of drug-likeness (QED) is 0.712. The first kappa shape index (κ1) is 13.1. The molecule has 3 aromatic rings. The Morgan fingerprint density at radius 1 is 1.36 bits per heavy atom. The number of benzene rings is 1. The Kier molecular flexibility index (Phi) is 3.00. The second-order valence-electron chi connectivity index (χ2n) is 5.41. The van der Waals surface area contributed by atoms with E-state index in [-0.39, 0.29) is 11.5 Å². The average molecular weight is 298 g/mol. The van der Waals surface area contributed by atoms with Crippen LogP contribution in [0.15, 0.2) is 33.8 Å². The molecule has 0 spiro atoms. The molecule has 1 atom stereocenters. The Labute approximate surface area is 125 Å². The van der Waals surface area contributed by atoms with Crippen LogP contribution in [0, 0.1) is 0 Å². The fourth-order valence-electron chi connectivity index (χ4n) is 2.60. The van der Waals surface area contributed by atoms with E-state index in [1.54, 1.807) is 25.2 Å². The maximum atomic E-state index is 12.0. The summed E-state index contributed by atoms with van der Waals surface area (Å²) in [5.74, 6) is 1.30. The molecule has 0 bridgehead atoms. The topological polar surface area (TPSA) is 83.0 Å². The Bertz CT molecular complexity index is 893. The molecule has 3 heterocycles. The zero-order valence-corrected chi connectivity index (χ0v) is 12.0. The molecule has 0 saturated carbocycles. The van der Waals surface area contributed by atoms with Crippen molar-refractivity contribution >= 4 is 10.9 Å². The molecular weight excluding hydrogens is 284 g/mol. The van der Waals surface area contributed by atoms with Crippen LogP contribution < -0.4 is 5.56 Å². The number of fused-ring (bicyclic) bond motifs is 1. The van der Waals surface area contributed by atoms with Crippen LogP contribution >= 0.6 is 0 Å². The lowest BCUT2D eigenvalue weighted by molar-refractivity contribution is 0.192. The van der Waals surface area contributed by atoms with Crippen molar-refractivity contribution in [3.05, 3.63) is 40.7 Å². The fourth-order valence-corrected chi connectivity index (χ4v) is 2.60. The first-order chi connectivity index (χ1) is 10.7. The van der Waals surface area contributed by atoms with Gasteiger partial charge >= 0.3 is 0 Å². The summed E-state index contributed by atoms with van der Waals surface area (Å²) in [6.45, 7) is 1.37. The second-order valence-corrected chi connectivity index (χ2v) is 5.41. The van der Waals surface area contributed by atoms with Gasteiger partial charge in [-0.15, -0.1) is 0 Å². The van der Waals surface area contributed by atoms with Crippen LogP contribution in [-0.4, -0.2) is 32.9 Å². The summed E-state index contributed by atoms with van der Waals surface area (Å²) in [5, 5.41) is 4.60. The lowest BCUT2D eigenvalue weighted by Crippen LogP contribution is -2.16. The predicted octanol–water partition coefficient (Wildman–Crippen LogP) is 1.49. The second kappa shape index (κ2) is 5.03.